The Kier molecular flexibility index (Phi) is 4.12. The molecule has 1 fully saturated rings. The Bertz CT molecular complexity index is 325. The van der Waals surface area contributed by atoms with Crippen LogP contribution in [0.2, 0.25) is 0 Å². The van der Waals surface area contributed by atoms with Crippen molar-refractivity contribution in [2.24, 2.45) is 0 Å². The number of nitrogens with one attached hydrogen (secondary N) is 1. The molecule has 0 bridgehead atoms. The first-order chi connectivity index (χ1) is 7.78. The Morgan fingerprint density at radius 1 is 1.50 bits per heavy atom. The highest BCUT2D eigenvalue weighted by Crippen LogP contribution is 2.15. The van der Waals surface area contributed by atoms with Crippen LogP contribution in [-0.4, -0.2) is 42.2 Å². The second-order valence-electron chi connectivity index (χ2n) is 4.01. The van der Waals surface area contributed by atoms with E-state index < -0.39 is 0 Å². The fourth-order valence-corrected chi connectivity index (χ4v) is 2.03. The third-order valence-corrected chi connectivity index (χ3v) is 3.11. The third-order valence-electron chi connectivity index (χ3n) is 2.64. The molecule has 3 nitrogen and oxygen atoms in total. The predicted octanol–water partition coefficient (Wildman–Crippen LogP) is 2.30. The fourth-order valence-electron chi connectivity index (χ4n) is 1.80. The summed E-state index contributed by atoms with van der Waals surface area (Å²) < 4.78 is 12.9. The van der Waals surface area contributed by atoms with Crippen molar-refractivity contribution in [3.05, 3.63) is 22.8 Å². The quantitative estimate of drug-likeness (QED) is 0.901. The van der Waals surface area contributed by atoms with Crippen LogP contribution < -0.4 is 5.32 Å². The Labute approximate surface area is 103 Å². The van der Waals surface area contributed by atoms with Crippen molar-refractivity contribution in [2.45, 2.75) is 12.5 Å². The minimum atomic E-state index is -0.219. The molecule has 0 unspecified atom stereocenters. The molecule has 1 aliphatic heterocycles. The average Bonchev–Trinajstić information content (AvgIpc) is 2.24. The maximum absolute atomic E-state index is 11.9. The number of hydrogen-bond acceptors (Lipinski definition) is 3. The summed E-state index contributed by atoms with van der Waals surface area (Å²) >= 11 is 3.35. The number of nitrogens with zero attached hydrogens (tertiary/aromatic N) is 2. The van der Waals surface area contributed by atoms with Crippen molar-refractivity contribution in [1.82, 2.24) is 9.88 Å². The van der Waals surface area contributed by atoms with Crippen LogP contribution in [0.5, 0.6) is 0 Å². The van der Waals surface area contributed by atoms with E-state index in [2.05, 4.69) is 31.1 Å². The van der Waals surface area contributed by atoms with Crippen LogP contribution in [0.25, 0.3) is 0 Å². The van der Waals surface area contributed by atoms with Gasteiger partial charge in [-0.3, -0.25) is 9.29 Å². The van der Waals surface area contributed by atoms with Gasteiger partial charge >= 0.3 is 0 Å². The summed E-state index contributed by atoms with van der Waals surface area (Å²) in [6, 6.07) is 4.37. The van der Waals surface area contributed by atoms with Gasteiger partial charge in [-0.15, -0.1) is 0 Å². The van der Waals surface area contributed by atoms with Crippen molar-refractivity contribution < 1.29 is 4.39 Å². The van der Waals surface area contributed by atoms with Gasteiger partial charge in [0.25, 0.3) is 0 Å². The molecule has 0 aliphatic carbocycles. The summed E-state index contributed by atoms with van der Waals surface area (Å²) in [4.78, 5) is 6.50. The van der Waals surface area contributed by atoms with E-state index in [9.17, 15) is 4.39 Å². The molecule has 1 N–H and O–H groups in total. The summed E-state index contributed by atoms with van der Waals surface area (Å²) in [5.41, 5.74) is 0. The molecule has 2 heterocycles. The zero-order chi connectivity index (χ0) is 11.4. The van der Waals surface area contributed by atoms with Crippen LogP contribution in [-0.2, 0) is 0 Å². The Morgan fingerprint density at radius 3 is 2.94 bits per heavy atom. The molecule has 0 atom stereocenters. The highest BCUT2D eigenvalue weighted by molar-refractivity contribution is 9.10. The smallest absolute Gasteiger partial charge is 0.126 e. The first kappa shape index (κ1) is 11.8. The first-order valence-electron chi connectivity index (χ1n) is 5.44. The number of pyridine rings is 1. The molecule has 0 amide bonds. The van der Waals surface area contributed by atoms with E-state index in [-0.39, 0.29) is 6.67 Å². The second-order valence-corrected chi connectivity index (χ2v) is 4.92. The number of likely N-dealkylation sites (tertiary alicyclic amines) is 1. The van der Waals surface area contributed by atoms with E-state index in [0.717, 1.165) is 29.9 Å². The van der Waals surface area contributed by atoms with Gasteiger partial charge in [-0.2, -0.15) is 0 Å². The molecule has 2 rings (SSSR count). The molecule has 88 valence electrons. The van der Waals surface area contributed by atoms with Gasteiger partial charge in [-0.1, -0.05) is 0 Å². The summed E-state index contributed by atoms with van der Waals surface area (Å²) in [5.74, 6) is 0.901. The van der Waals surface area contributed by atoms with Gasteiger partial charge in [-0.05, 0) is 34.5 Å². The van der Waals surface area contributed by atoms with Gasteiger partial charge in [0.1, 0.15) is 5.82 Å². The lowest BCUT2D eigenvalue weighted by Crippen LogP contribution is -2.54. The monoisotopic (exact) mass is 287 g/mol. The van der Waals surface area contributed by atoms with Crippen molar-refractivity contribution in [3.8, 4) is 0 Å². The van der Waals surface area contributed by atoms with Crippen LogP contribution in [0, 0.1) is 0 Å². The van der Waals surface area contributed by atoms with E-state index in [1.165, 1.54) is 0 Å². The number of hydrogen-bond donors (Lipinski definition) is 1. The average molecular weight is 288 g/mol. The molecule has 1 aromatic heterocycles. The lowest BCUT2D eigenvalue weighted by Gasteiger charge is -2.39. The topological polar surface area (TPSA) is 28.2 Å². The molecule has 1 saturated heterocycles. The summed E-state index contributed by atoms with van der Waals surface area (Å²) in [5, 5.41) is 3.34. The maximum Gasteiger partial charge on any atom is 0.126 e. The SMILES string of the molecule is FCCCN1CC(Nc2ccc(Br)cn2)C1. The molecule has 0 saturated carbocycles. The van der Waals surface area contributed by atoms with Gasteiger partial charge in [0.05, 0.1) is 12.7 Å². The highest BCUT2D eigenvalue weighted by atomic mass is 79.9. The van der Waals surface area contributed by atoms with E-state index in [4.69, 9.17) is 0 Å². The zero-order valence-corrected chi connectivity index (χ0v) is 10.6. The van der Waals surface area contributed by atoms with Gasteiger partial charge < -0.3 is 5.32 Å². The molecule has 5 heteroatoms. The van der Waals surface area contributed by atoms with Crippen LogP contribution in [0.4, 0.5) is 10.2 Å². The van der Waals surface area contributed by atoms with Crippen LogP contribution in [0.15, 0.2) is 22.8 Å². The molecular weight excluding hydrogens is 273 g/mol. The standard InChI is InChI=1S/C11H15BrFN3/c12-9-2-3-11(14-6-9)15-10-7-16(8-10)5-1-4-13/h2-3,6,10H,1,4-5,7-8H2,(H,14,15). The van der Waals surface area contributed by atoms with E-state index in [1.54, 1.807) is 6.20 Å². The van der Waals surface area contributed by atoms with Gasteiger partial charge in [0, 0.05) is 30.3 Å². The Morgan fingerprint density at radius 2 is 2.31 bits per heavy atom. The number of aromatic nitrogens is 1. The van der Waals surface area contributed by atoms with E-state index >= 15 is 0 Å². The van der Waals surface area contributed by atoms with Crippen molar-refractivity contribution in [3.63, 3.8) is 0 Å². The highest BCUT2D eigenvalue weighted by Gasteiger charge is 2.25. The lowest BCUT2D eigenvalue weighted by molar-refractivity contribution is 0.155. The zero-order valence-electron chi connectivity index (χ0n) is 9.00. The molecule has 1 aliphatic rings. The maximum atomic E-state index is 11.9. The minimum absolute atomic E-state index is 0.219. The Balaban J connectivity index is 1.71. The molecule has 1 aromatic rings. The predicted molar refractivity (Wildman–Crippen MR) is 66.4 cm³/mol. The van der Waals surface area contributed by atoms with E-state index in [0.29, 0.717) is 12.5 Å². The number of anilines is 1. The van der Waals surface area contributed by atoms with Crippen LogP contribution >= 0.6 is 15.9 Å². The molecular formula is C11H15BrFN3. The summed E-state index contributed by atoms with van der Waals surface area (Å²) in [7, 11) is 0. The molecule has 0 radical (unpaired) electrons. The normalized spacial score (nSPS) is 17.1. The van der Waals surface area contributed by atoms with Gasteiger partial charge in [0.15, 0.2) is 0 Å². The van der Waals surface area contributed by atoms with Gasteiger partial charge in [-0.25, -0.2) is 4.98 Å². The largest absolute Gasteiger partial charge is 0.365 e. The first-order valence-corrected chi connectivity index (χ1v) is 6.23. The van der Waals surface area contributed by atoms with E-state index in [1.807, 2.05) is 12.1 Å². The van der Waals surface area contributed by atoms with Crippen LogP contribution in [0.3, 0.4) is 0 Å². The van der Waals surface area contributed by atoms with Crippen LogP contribution in [0.1, 0.15) is 6.42 Å². The number of halogens is 2. The molecule has 0 aromatic carbocycles. The number of alkyl halides is 1. The third kappa shape index (κ3) is 3.15. The molecule has 16 heavy (non-hydrogen) atoms. The minimum Gasteiger partial charge on any atom is -0.365 e. The van der Waals surface area contributed by atoms with Crippen molar-refractivity contribution in [1.29, 1.82) is 0 Å². The van der Waals surface area contributed by atoms with Gasteiger partial charge in [0.2, 0.25) is 0 Å². The summed E-state index contributed by atoms with van der Waals surface area (Å²) in [6.07, 6.45) is 2.42. The second kappa shape index (κ2) is 5.59. The van der Waals surface area contributed by atoms with Crippen molar-refractivity contribution >= 4 is 21.7 Å². The lowest BCUT2D eigenvalue weighted by atomic mass is 10.1. The fraction of sp³-hybridized carbons (Fsp3) is 0.545. The Hall–Kier alpha value is -0.680. The van der Waals surface area contributed by atoms with Crippen molar-refractivity contribution in [2.75, 3.05) is 31.6 Å². The summed E-state index contributed by atoms with van der Waals surface area (Å²) in [6.45, 7) is 2.61. The number of rotatable bonds is 5. The molecule has 0 spiro atoms.